The van der Waals surface area contributed by atoms with Crippen LogP contribution in [0.5, 0.6) is 0 Å². The molecule has 27 nitrogen and oxygen atoms in total. The van der Waals surface area contributed by atoms with Crippen LogP contribution in [-0.2, 0) is 62.2 Å². The Morgan fingerprint density at radius 1 is 0.505 bits per heavy atom. The minimum atomic E-state index is -1.66. The maximum atomic E-state index is 15.2. The molecule has 0 bridgehead atoms. The van der Waals surface area contributed by atoms with Gasteiger partial charge in [0.2, 0.25) is 65.0 Å². The number of nitrogens with two attached hydrogens (primary N) is 1. The topological polar surface area (TPSA) is 340 Å². The molecule has 0 aromatic carbocycles. The lowest BCUT2D eigenvalue weighted by Crippen LogP contribution is -2.64. The van der Waals surface area contributed by atoms with Crippen LogP contribution in [0.2, 0.25) is 0 Å². The van der Waals surface area contributed by atoms with Crippen LogP contribution < -0.4 is 27.0 Å². The van der Waals surface area contributed by atoms with Crippen molar-refractivity contribution in [3.63, 3.8) is 0 Å². The Kier molecular flexibility index (Phi) is 35.3. The Morgan fingerprint density at radius 3 is 1.44 bits per heavy atom. The molecule has 1 fully saturated rings. The number of ether oxygens (including phenoxy) is 2. The van der Waals surface area contributed by atoms with E-state index < -0.39 is 167 Å². The maximum absolute atomic E-state index is 15.2. The number of carbonyl (C=O) groups excluding carboxylic acids is 12. The van der Waals surface area contributed by atoms with Crippen molar-refractivity contribution in [2.24, 2.45) is 41.2 Å². The first-order valence-electron chi connectivity index (χ1n) is 33.0. The van der Waals surface area contributed by atoms with E-state index in [1.165, 1.54) is 96.6 Å². The molecule has 27 heteroatoms. The van der Waals surface area contributed by atoms with E-state index in [4.69, 9.17) is 15.2 Å². The Morgan fingerprint density at radius 2 is 0.957 bits per heavy atom. The second-order valence-electron chi connectivity index (χ2n) is 27.2. The summed E-state index contributed by atoms with van der Waals surface area (Å²) in [4.78, 5) is 182. The van der Waals surface area contributed by atoms with Gasteiger partial charge in [0.05, 0.1) is 18.8 Å². The fourth-order valence-electron chi connectivity index (χ4n) is 11.4. The first-order chi connectivity index (χ1) is 43.0. The zero-order valence-corrected chi connectivity index (χ0v) is 60.4. The number of rotatable bonds is 20. The predicted octanol–water partition coefficient (Wildman–Crippen LogP) is 2.89. The number of unbranched alkanes of at least 4 members (excludes halogenated alkanes) is 1. The number of hydrogen-bond acceptors (Lipinski definition) is 15. The molecule has 532 valence electrons. The molecule has 0 spiro atoms. The van der Waals surface area contributed by atoms with Crippen LogP contribution in [0.3, 0.4) is 0 Å². The lowest BCUT2D eigenvalue weighted by Gasteiger charge is -2.41. The molecular formula is C66H118N12O15. The van der Waals surface area contributed by atoms with Crippen molar-refractivity contribution in [2.75, 3.05) is 62.5 Å². The molecule has 14 atom stereocenters. The van der Waals surface area contributed by atoms with Gasteiger partial charge in [0.1, 0.15) is 66.5 Å². The number of amides is 12. The van der Waals surface area contributed by atoms with Gasteiger partial charge in [-0.15, -0.1) is 0 Å². The van der Waals surface area contributed by atoms with Gasteiger partial charge in [0, 0.05) is 55.9 Å². The highest BCUT2D eigenvalue weighted by atomic mass is 16.5. The molecule has 0 aromatic heterocycles. The van der Waals surface area contributed by atoms with Crippen molar-refractivity contribution in [1.29, 1.82) is 0 Å². The Hall–Kier alpha value is -6.90. The summed E-state index contributed by atoms with van der Waals surface area (Å²) in [6.45, 7) is 28.8. The average Bonchev–Trinajstić information content (AvgIpc) is 0.824. The highest BCUT2D eigenvalue weighted by Gasteiger charge is 2.46. The summed E-state index contributed by atoms with van der Waals surface area (Å²) in [7, 11) is 9.69. The quantitative estimate of drug-likeness (QED) is 0.0754. The van der Waals surface area contributed by atoms with E-state index in [-0.39, 0.29) is 63.1 Å². The third-order valence-corrected chi connectivity index (χ3v) is 17.4. The van der Waals surface area contributed by atoms with E-state index in [0.717, 1.165) is 14.7 Å². The van der Waals surface area contributed by atoms with Crippen LogP contribution in [0, 0.1) is 35.5 Å². The van der Waals surface area contributed by atoms with Crippen molar-refractivity contribution in [2.45, 2.75) is 241 Å². The summed E-state index contributed by atoms with van der Waals surface area (Å²) in [5, 5.41) is 23.1. The van der Waals surface area contributed by atoms with Gasteiger partial charge in [0.15, 0.2) is 0 Å². The van der Waals surface area contributed by atoms with E-state index in [9.17, 15) is 48.3 Å². The van der Waals surface area contributed by atoms with Crippen LogP contribution >= 0.6 is 0 Å². The molecule has 0 saturated carbocycles. The number of nitrogens with zero attached hydrogens (tertiary/aromatic N) is 7. The standard InChI is InChI=1S/C66H118N12O15/c1-25-27-30-41(13)54(79)53-58(83)70-46(26-2)61(86)72(18)44(16)60(85)77(23)52(45(17)92-31-28-29-32-93-66(67)91)57(82)71-50(39(9)10)64(89)73(19)47(33-36(3)4)56(81)68-42(14)55(80)69-43(15)59(84)74(20)48(34-37(5)6)62(87)75(21)49(35-38(7)8)63(88)76(22)51(40(11)12)65(90)78(53)24/h25,27,36-54,79H,26,28-35H2,1-24H3,(H2,67,91)(H,68,81)(H,69,80)(H,70,83)(H,71,82)/b27-25+/t41-,42+,43+,44-,45-,46+,47-,48+,49-,50+,51+,52+,53+,54-/m1/s1. The molecule has 12 amide bonds. The fraction of sp³-hybridized carbons (Fsp3) is 0.788. The van der Waals surface area contributed by atoms with Crippen molar-refractivity contribution >= 4 is 71.1 Å². The summed E-state index contributed by atoms with van der Waals surface area (Å²) in [5.74, 6) is -10.5. The van der Waals surface area contributed by atoms with Gasteiger partial charge < -0.3 is 75.9 Å². The van der Waals surface area contributed by atoms with E-state index in [0.29, 0.717) is 12.8 Å². The minimum absolute atomic E-state index is 0.0114. The summed E-state index contributed by atoms with van der Waals surface area (Å²) in [5.41, 5.74) is 5.12. The Bertz CT molecular complexity index is 2560. The lowest BCUT2D eigenvalue weighted by atomic mass is 9.91. The number of carbonyl (C=O) groups is 12. The van der Waals surface area contributed by atoms with Gasteiger partial charge in [-0.25, -0.2) is 4.79 Å². The fourth-order valence-corrected chi connectivity index (χ4v) is 11.4. The molecule has 1 aliphatic rings. The second-order valence-corrected chi connectivity index (χ2v) is 27.2. The van der Waals surface area contributed by atoms with Gasteiger partial charge in [-0.1, -0.05) is 95.2 Å². The number of allylic oxidation sites excluding steroid dienone is 2. The number of aliphatic hydroxyl groups is 1. The number of hydrogen-bond donors (Lipinski definition) is 6. The number of likely N-dealkylation sites (N-methyl/N-ethyl adjacent to an activating group) is 7. The van der Waals surface area contributed by atoms with Crippen LogP contribution in [0.1, 0.15) is 163 Å². The van der Waals surface area contributed by atoms with Gasteiger partial charge >= 0.3 is 6.09 Å². The molecule has 0 aliphatic carbocycles. The molecule has 1 aliphatic heterocycles. The second kappa shape index (κ2) is 39.1. The zero-order valence-electron chi connectivity index (χ0n) is 60.4. The first kappa shape index (κ1) is 84.1. The average molecular weight is 1320 g/mol. The molecule has 0 aromatic rings. The van der Waals surface area contributed by atoms with E-state index in [1.54, 1.807) is 60.6 Å². The zero-order chi connectivity index (χ0) is 72.0. The molecular weight excluding hydrogens is 1200 g/mol. The van der Waals surface area contributed by atoms with E-state index >= 15 is 14.4 Å². The van der Waals surface area contributed by atoms with Crippen molar-refractivity contribution in [1.82, 2.24) is 55.6 Å². The smallest absolute Gasteiger partial charge is 0.404 e. The summed E-state index contributed by atoms with van der Waals surface area (Å²) in [6, 6.07) is -14.5. The molecule has 7 N–H and O–H groups in total. The molecule has 1 rings (SSSR count). The number of nitrogens with one attached hydrogen (secondary N) is 4. The summed E-state index contributed by atoms with van der Waals surface area (Å²) in [6.07, 6.45) is 1.23. The van der Waals surface area contributed by atoms with Gasteiger partial charge in [-0.05, 0) is 115 Å². The monoisotopic (exact) mass is 1320 g/mol. The third-order valence-electron chi connectivity index (χ3n) is 17.4. The van der Waals surface area contributed by atoms with Gasteiger partial charge in [-0.2, -0.15) is 0 Å². The normalized spacial score (nSPS) is 26.6. The molecule has 1 heterocycles. The highest BCUT2D eigenvalue weighted by Crippen LogP contribution is 2.26. The largest absolute Gasteiger partial charge is 0.450 e. The predicted molar refractivity (Wildman–Crippen MR) is 354 cm³/mol. The number of primary amides is 1. The molecule has 1 saturated heterocycles. The first-order valence-corrected chi connectivity index (χ1v) is 33.0. The maximum Gasteiger partial charge on any atom is 0.404 e. The van der Waals surface area contributed by atoms with E-state index in [1.807, 2.05) is 41.5 Å². The lowest BCUT2D eigenvalue weighted by molar-refractivity contribution is -0.157. The highest BCUT2D eigenvalue weighted by molar-refractivity contribution is 6.00. The SMILES string of the molecule is C/C=C/C[C@@H](C)[C@@H](O)[C@H]1C(=O)N[C@@H](CC)C(=O)N(C)[C@H](C)C(=O)N(C)[C@@H]([C@@H](C)OCCCCOC(N)=O)C(=O)N[C@@H](C(C)C)C(=O)N(C)[C@H](CC(C)C)C(=O)N[C@@H](C)C(=O)N[C@@H](C)C(=O)N(C)[C@@H](CC(C)C)C(=O)N(C)[C@H](CC(C)C)C(=O)N(C)[C@@H](C(C)C)C(=O)N1C. The Balaban J connectivity index is 4.43. The minimum Gasteiger partial charge on any atom is -0.450 e. The summed E-state index contributed by atoms with van der Waals surface area (Å²) < 4.78 is 11.0. The van der Waals surface area contributed by atoms with Crippen LogP contribution in [0.25, 0.3) is 0 Å². The van der Waals surface area contributed by atoms with Crippen molar-refractivity contribution in [3.05, 3.63) is 12.2 Å². The van der Waals surface area contributed by atoms with Crippen LogP contribution in [0.15, 0.2) is 12.2 Å². The Labute approximate surface area is 554 Å². The van der Waals surface area contributed by atoms with Gasteiger partial charge in [0.25, 0.3) is 0 Å². The van der Waals surface area contributed by atoms with Gasteiger partial charge in [-0.3, -0.25) is 52.7 Å². The molecule has 93 heavy (non-hydrogen) atoms. The molecule has 0 unspecified atom stereocenters. The van der Waals surface area contributed by atoms with Crippen molar-refractivity contribution in [3.8, 4) is 0 Å². The summed E-state index contributed by atoms with van der Waals surface area (Å²) >= 11 is 0. The van der Waals surface area contributed by atoms with Crippen LogP contribution in [-0.4, -0.2) is 252 Å². The van der Waals surface area contributed by atoms with E-state index in [2.05, 4.69) is 21.3 Å². The number of aliphatic hydroxyl groups excluding tert-OH is 1. The third kappa shape index (κ3) is 24.1. The van der Waals surface area contributed by atoms with Crippen LogP contribution in [0.4, 0.5) is 4.79 Å². The van der Waals surface area contributed by atoms with Crippen molar-refractivity contribution < 1.29 is 72.1 Å². The molecule has 0 radical (unpaired) electrons.